The van der Waals surface area contributed by atoms with E-state index in [0.717, 1.165) is 24.9 Å². The second-order valence-corrected chi connectivity index (χ2v) is 6.05. The lowest BCUT2D eigenvalue weighted by Crippen LogP contribution is -2.24. The molecule has 1 aromatic carbocycles. The molecule has 2 aliphatic rings. The van der Waals surface area contributed by atoms with Crippen molar-refractivity contribution in [3.05, 3.63) is 30.4 Å². The molecular formula is C18H22N2O3. The minimum absolute atomic E-state index is 0.00501. The van der Waals surface area contributed by atoms with Crippen molar-refractivity contribution in [1.29, 1.82) is 0 Å². The average Bonchev–Trinajstić information content (AvgIpc) is 3.18. The van der Waals surface area contributed by atoms with E-state index in [1.54, 1.807) is 18.1 Å². The van der Waals surface area contributed by atoms with E-state index in [1.807, 2.05) is 12.1 Å². The van der Waals surface area contributed by atoms with Crippen LogP contribution in [0.1, 0.15) is 32.1 Å². The Bertz CT molecular complexity index is 639. The number of carbonyl (C=O) groups is 2. The van der Waals surface area contributed by atoms with Crippen LogP contribution in [0.4, 0.5) is 11.4 Å². The topological polar surface area (TPSA) is 58.6 Å². The number of nitrogens with zero attached hydrogens (tertiary/aromatic N) is 1. The van der Waals surface area contributed by atoms with E-state index in [0.29, 0.717) is 36.7 Å². The molecule has 0 saturated carbocycles. The predicted molar refractivity (Wildman–Crippen MR) is 89.7 cm³/mol. The smallest absolute Gasteiger partial charge is 0.227 e. The van der Waals surface area contributed by atoms with Gasteiger partial charge in [0.2, 0.25) is 11.8 Å². The lowest BCUT2D eigenvalue weighted by molar-refractivity contribution is -0.117. The van der Waals surface area contributed by atoms with Crippen LogP contribution < -0.4 is 15.0 Å². The van der Waals surface area contributed by atoms with E-state index < -0.39 is 0 Å². The number of rotatable bonds is 5. The van der Waals surface area contributed by atoms with E-state index in [1.165, 1.54) is 0 Å². The number of nitrogens with one attached hydrogen (secondary N) is 1. The summed E-state index contributed by atoms with van der Waals surface area (Å²) in [7, 11) is 1.59. The molecular weight excluding hydrogens is 292 g/mol. The Hall–Kier alpha value is -2.30. The maximum atomic E-state index is 12.2. The molecule has 1 atom stereocenters. The van der Waals surface area contributed by atoms with Crippen LogP contribution in [0.15, 0.2) is 30.4 Å². The lowest BCUT2D eigenvalue weighted by atomic mass is 10.0. The molecule has 1 aromatic rings. The van der Waals surface area contributed by atoms with Crippen LogP contribution in [0.25, 0.3) is 0 Å². The van der Waals surface area contributed by atoms with Gasteiger partial charge in [-0.05, 0) is 43.4 Å². The highest BCUT2D eigenvalue weighted by Gasteiger charge is 2.25. The Balaban J connectivity index is 1.73. The van der Waals surface area contributed by atoms with E-state index in [4.69, 9.17) is 4.74 Å². The Morgan fingerprint density at radius 1 is 1.43 bits per heavy atom. The zero-order valence-corrected chi connectivity index (χ0v) is 13.4. The zero-order chi connectivity index (χ0) is 16.2. The van der Waals surface area contributed by atoms with Crippen molar-refractivity contribution in [2.75, 3.05) is 23.9 Å². The lowest BCUT2D eigenvalue weighted by Gasteiger charge is -2.20. The van der Waals surface area contributed by atoms with E-state index in [2.05, 4.69) is 17.5 Å². The Kier molecular flexibility index (Phi) is 4.65. The van der Waals surface area contributed by atoms with Gasteiger partial charge in [0, 0.05) is 25.1 Å². The Labute approximate surface area is 136 Å². The summed E-state index contributed by atoms with van der Waals surface area (Å²) >= 11 is 0. The minimum atomic E-state index is 0.00501. The van der Waals surface area contributed by atoms with Crippen LogP contribution in [0, 0.1) is 5.92 Å². The van der Waals surface area contributed by atoms with Crippen molar-refractivity contribution >= 4 is 23.2 Å². The summed E-state index contributed by atoms with van der Waals surface area (Å²) < 4.78 is 5.36. The van der Waals surface area contributed by atoms with Crippen LogP contribution in [0.5, 0.6) is 5.75 Å². The predicted octanol–water partition coefficient (Wildman–Crippen LogP) is 3.12. The molecule has 23 heavy (non-hydrogen) atoms. The first-order valence-corrected chi connectivity index (χ1v) is 8.12. The number of ether oxygens (including phenoxy) is 1. The van der Waals surface area contributed by atoms with E-state index in [-0.39, 0.29) is 11.8 Å². The van der Waals surface area contributed by atoms with Crippen LogP contribution in [0.3, 0.4) is 0 Å². The van der Waals surface area contributed by atoms with Crippen LogP contribution in [0.2, 0.25) is 0 Å². The highest BCUT2D eigenvalue weighted by atomic mass is 16.5. The van der Waals surface area contributed by atoms with Gasteiger partial charge in [-0.25, -0.2) is 0 Å². The number of hydrogen-bond donors (Lipinski definition) is 1. The third kappa shape index (κ3) is 3.55. The number of allylic oxidation sites excluding steroid dienone is 2. The van der Waals surface area contributed by atoms with Gasteiger partial charge in [-0.2, -0.15) is 0 Å². The molecule has 122 valence electrons. The first-order valence-electron chi connectivity index (χ1n) is 8.12. The summed E-state index contributed by atoms with van der Waals surface area (Å²) in [5.41, 5.74) is 1.43. The highest BCUT2D eigenvalue weighted by Crippen LogP contribution is 2.34. The van der Waals surface area contributed by atoms with Crippen LogP contribution in [-0.2, 0) is 9.59 Å². The zero-order valence-electron chi connectivity index (χ0n) is 13.4. The minimum Gasteiger partial charge on any atom is -0.495 e. The largest absolute Gasteiger partial charge is 0.495 e. The van der Waals surface area contributed by atoms with Gasteiger partial charge in [0.25, 0.3) is 0 Å². The summed E-state index contributed by atoms with van der Waals surface area (Å²) in [5.74, 6) is 1.10. The summed E-state index contributed by atoms with van der Waals surface area (Å²) in [6.45, 7) is 0.694. The molecule has 5 nitrogen and oxygen atoms in total. The number of methoxy groups -OCH3 is 1. The fourth-order valence-electron chi connectivity index (χ4n) is 3.20. The molecule has 0 aromatic heterocycles. The molecule has 5 heteroatoms. The first kappa shape index (κ1) is 15.6. The Morgan fingerprint density at radius 2 is 2.30 bits per heavy atom. The SMILES string of the molecule is COc1ccc(NC(=O)C[C@H]2C=CCC2)cc1N1CCCC1=O. The second kappa shape index (κ2) is 6.86. The molecule has 1 saturated heterocycles. The third-order valence-corrected chi connectivity index (χ3v) is 4.39. The molecule has 0 spiro atoms. The van der Waals surface area contributed by atoms with Crippen molar-refractivity contribution in [2.45, 2.75) is 32.1 Å². The molecule has 1 fully saturated rings. The van der Waals surface area contributed by atoms with Gasteiger partial charge in [-0.3, -0.25) is 9.59 Å². The van der Waals surface area contributed by atoms with Gasteiger partial charge >= 0.3 is 0 Å². The van der Waals surface area contributed by atoms with Crippen LogP contribution >= 0.6 is 0 Å². The van der Waals surface area contributed by atoms with E-state index >= 15 is 0 Å². The second-order valence-electron chi connectivity index (χ2n) is 6.05. The average molecular weight is 314 g/mol. The van der Waals surface area contributed by atoms with Gasteiger partial charge < -0.3 is 15.0 Å². The quantitative estimate of drug-likeness (QED) is 0.850. The fourth-order valence-corrected chi connectivity index (χ4v) is 3.20. The molecule has 1 aliphatic heterocycles. The van der Waals surface area contributed by atoms with Crippen molar-refractivity contribution in [3.63, 3.8) is 0 Å². The molecule has 0 bridgehead atoms. The first-order chi connectivity index (χ1) is 11.2. The fraction of sp³-hybridized carbons (Fsp3) is 0.444. The van der Waals surface area contributed by atoms with Crippen LogP contribution in [-0.4, -0.2) is 25.5 Å². The molecule has 2 amide bonds. The molecule has 3 rings (SSSR count). The standard InChI is InChI=1S/C18H22N2O3/c1-23-16-9-8-14(12-15(16)20-10-4-7-18(20)22)19-17(21)11-13-5-2-3-6-13/h2,5,8-9,12-13H,3-4,6-7,10-11H2,1H3,(H,19,21)/t13-/m0/s1. The van der Waals surface area contributed by atoms with Crippen molar-refractivity contribution in [1.82, 2.24) is 0 Å². The third-order valence-electron chi connectivity index (χ3n) is 4.39. The van der Waals surface area contributed by atoms with E-state index in [9.17, 15) is 9.59 Å². The van der Waals surface area contributed by atoms with Crippen molar-refractivity contribution < 1.29 is 14.3 Å². The van der Waals surface area contributed by atoms with Gasteiger partial charge in [0.15, 0.2) is 0 Å². The normalized spacial score (nSPS) is 20.1. The van der Waals surface area contributed by atoms with Gasteiger partial charge in [0.05, 0.1) is 12.8 Å². The molecule has 1 aliphatic carbocycles. The van der Waals surface area contributed by atoms with Gasteiger partial charge in [-0.1, -0.05) is 12.2 Å². The monoisotopic (exact) mass is 314 g/mol. The van der Waals surface area contributed by atoms with Crippen molar-refractivity contribution in [3.8, 4) is 5.75 Å². The molecule has 1 heterocycles. The van der Waals surface area contributed by atoms with Gasteiger partial charge in [0.1, 0.15) is 5.75 Å². The summed E-state index contributed by atoms with van der Waals surface area (Å²) in [6, 6.07) is 5.43. The number of hydrogen-bond acceptors (Lipinski definition) is 3. The maximum absolute atomic E-state index is 12.2. The van der Waals surface area contributed by atoms with Crippen molar-refractivity contribution in [2.24, 2.45) is 5.92 Å². The highest BCUT2D eigenvalue weighted by molar-refractivity contribution is 5.98. The summed E-state index contributed by atoms with van der Waals surface area (Å²) in [4.78, 5) is 25.9. The molecule has 1 N–H and O–H groups in total. The summed E-state index contributed by atoms with van der Waals surface area (Å²) in [5, 5.41) is 2.93. The number of anilines is 2. The number of amides is 2. The maximum Gasteiger partial charge on any atom is 0.227 e. The molecule has 0 unspecified atom stereocenters. The van der Waals surface area contributed by atoms with Gasteiger partial charge in [-0.15, -0.1) is 0 Å². The number of carbonyl (C=O) groups excluding carboxylic acids is 2. The summed E-state index contributed by atoms with van der Waals surface area (Å²) in [6.07, 6.45) is 8.26. The molecule has 0 radical (unpaired) electrons. The Morgan fingerprint density at radius 3 is 2.96 bits per heavy atom. The number of benzene rings is 1.